The quantitative estimate of drug-likeness (QED) is 0.585. The lowest BCUT2D eigenvalue weighted by atomic mass is 9.67. The van der Waals surface area contributed by atoms with Crippen molar-refractivity contribution in [1.29, 1.82) is 0 Å². The van der Waals surface area contributed by atoms with Gasteiger partial charge in [0.05, 0.1) is 16.5 Å². The number of hydrogen-bond donors (Lipinski definition) is 2. The average Bonchev–Trinajstić information content (AvgIpc) is 3.30. The second kappa shape index (κ2) is 6.06. The van der Waals surface area contributed by atoms with Crippen molar-refractivity contribution in [2.24, 2.45) is 17.8 Å². The molecular formula is C22H22N2O4. The van der Waals surface area contributed by atoms with E-state index in [2.05, 4.69) is 5.32 Å². The topological polar surface area (TPSA) is 92.5 Å². The Kier molecular flexibility index (Phi) is 3.73. The molecular weight excluding hydrogens is 356 g/mol. The molecule has 2 aliphatic carbocycles. The van der Waals surface area contributed by atoms with E-state index in [0.717, 1.165) is 22.4 Å². The van der Waals surface area contributed by atoms with Crippen molar-refractivity contribution in [3.05, 3.63) is 68.8 Å². The summed E-state index contributed by atoms with van der Waals surface area (Å²) in [6.45, 7) is 1.93. The van der Waals surface area contributed by atoms with Gasteiger partial charge in [-0.25, -0.2) is 4.79 Å². The Hall–Kier alpha value is -2.89. The van der Waals surface area contributed by atoms with Crippen LogP contribution in [0.2, 0.25) is 0 Å². The summed E-state index contributed by atoms with van der Waals surface area (Å²) in [5, 5.41) is 24.3. The van der Waals surface area contributed by atoms with Gasteiger partial charge in [0.1, 0.15) is 0 Å². The van der Waals surface area contributed by atoms with Crippen LogP contribution in [-0.2, 0) is 0 Å². The zero-order valence-corrected chi connectivity index (χ0v) is 15.6. The first-order valence-corrected chi connectivity index (χ1v) is 9.82. The van der Waals surface area contributed by atoms with Crippen molar-refractivity contribution in [2.45, 2.75) is 38.1 Å². The van der Waals surface area contributed by atoms with E-state index in [1.54, 1.807) is 24.3 Å². The van der Waals surface area contributed by atoms with Crippen LogP contribution in [0.25, 0.3) is 0 Å². The van der Waals surface area contributed by atoms with E-state index in [-0.39, 0.29) is 22.2 Å². The largest absolute Gasteiger partial charge is 0.478 e. The number of aryl methyl sites for hydroxylation is 1. The minimum Gasteiger partial charge on any atom is -0.478 e. The molecule has 5 rings (SSSR count). The van der Waals surface area contributed by atoms with E-state index in [4.69, 9.17) is 0 Å². The molecule has 2 N–H and O–H groups in total. The summed E-state index contributed by atoms with van der Waals surface area (Å²) < 4.78 is 0. The molecule has 144 valence electrons. The molecule has 0 radical (unpaired) electrons. The number of fused-ring (bicyclic) bond motifs is 7. The first kappa shape index (κ1) is 17.2. The number of benzene rings is 2. The molecule has 5 atom stereocenters. The summed E-state index contributed by atoms with van der Waals surface area (Å²) in [5.74, 6) is 0.993. The van der Waals surface area contributed by atoms with Gasteiger partial charge in [-0.3, -0.25) is 10.1 Å². The zero-order chi connectivity index (χ0) is 19.6. The van der Waals surface area contributed by atoms with Gasteiger partial charge in [0.25, 0.3) is 5.69 Å². The van der Waals surface area contributed by atoms with E-state index in [9.17, 15) is 20.0 Å². The predicted molar refractivity (Wildman–Crippen MR) is 105 cm³/mol. The van der Waals surface area contributed by atoms with Crippen LogP contribution < -0.4 is 5.32 Å². The van der Waals surface area contributed by atoms with Gasteiger partial charge >= 0.3 is 5.97 Å². The highest BCUT2D eigenvalue weighted by atomic mass is 16.6. The van der Waals surface area contributed by atoms with Crippen LogP contribution in [0.4, 0.5) is 11.4 Å². The van der Waals surface area contributed by atoms with Crippen LogP contribution in [0.5, 0.6) is 0 Å². The van der Waals surface area contributed by atoms with Gasteiger partial charge in [-0.05, 0) is 78.7 Å². The lowest BCUT2D eigenvalue weighted by molar-refractivity contribution is -0.385. The van der Waals surface area contributed by atoms with E-state index in [1.165, 1.54) is 19.3 Å². The monoisotopic (exact) mass is 378 g/mol. The van der Waals surface area contributed by atoms with Crippen LogP contribution in [0.15, 0.2) is 36.4 Å². The number of nitro benzene ring substituents is 1. The molecule has 6 heteroatoms. The molecule has 0 amide bonds. The molecule has 0 saturated heterocycles. The maximum atomic E-state index is 11.4. The highest BCUT2D eigenvalue weighted by Gasteiger charge is 2.54. The number of nitrogens with zero attached hydrogens (tertiary/aromatic N) is 1. The molecule has 1 aliphatic heterocycles. The number of hydrogen-bond acceptors (Lipinski definition) is 4. The van der Waals surface area contributed by atoms with E-state index >= 15 is 0 Å². The minimum absolute atomic E-state index is 0.107. The van der Waals surface area contributed by atoms with Gasteiger partial charge in [-0.1, -0.05) is 12.1 Å². The molecule has 2 fully saturated rings. The highest BCUT2D eigenvalue weighted by molar-refractivity contribution is 5.87. The van der Waals surface area contributed by atoms with Gasteiger partial charge in [0.15, 0.2) is 0 Å². The molecule has 2 aromatic rings. The molecule has 3 aliphatic rings. The van der Waals surface area contributed by atoms with Crippen molar-refractivity contribution in [3.63, 3.8) is 0 Å². The number of anilines is 1. The van der Waals surface area contributed by atoms with Crippen molar-refractivity contribution in [1.82, 2.24) is 0 Å². The second-order valence-electron chi connectivity index (χ2n) is 8.47. The van der Waals surface area contributed by atoms with E-state index < -0.39 is 5.97 Å². The minimum atomic E-state index is -0.922. The fraction of sp³-hybridized carbons (Fsp3) is 0.409. The third-order valence-electron chi connectivity index (χ3n) is 7.10. The molecule has 0 spiro atoms. The molecule has 6 nitrogen and oxygen atoms in total. The Bertz CT molecular complexity index is 985. The SMILES string of the molecule is Cc1cc([N+](=O)[O-])cc2c1N[C@H](c1ccc(C(=O)O)cc1)[C@H]1[C@H]3CC[C@@H](C3)[C@H]21. The van der Waals surface area contributed by atoms with Gasteiger partial charge < -0.3 is 10.4 Å². The summed E-state index contributed by atoms with van der Waals surface area (Å²) in [7, 11) is 0. The lowest BCUT2D eigenvalue weighted by Crippen LogP contribution is -2.35. The van der Waals surface area contributed by atoms with E-state index in [0.29, 0.717) is 23.7 Å². The average molecular weight is 378 g/mol. The number of carboxylic acids is 1. The number of nitrogens with one attached hydrogen (secondary N) is 1. The second-order valence-corrected chi connectivity index (χ2v) is 8.47. The fourth-order valence-corrected chi connectivity index (χ4v) is 6.03. The molecule has 2 saturated carbocycles. The summed E-state index contributed by atoms with van der Waals surface area (Å²) >= 11 is 0. The van der Waals surface area contributed by atoms with Gasteiger partial charge in [-0.2, -0.15) is 0 Å². The maximum Gasteiger partial charge on any atom is 0.335 e. The van der Waals surface area contributed by atoms with Crippen molar-refractivity contribution >= 4 is 17.3 Å². The van der Waals surface area contributed by atoms with Crippen molar-refractivity contribution in [2.75, 3.05) is 5.32 Å². The van der Waals surface area contributed by atoms with Crippen LogP contribution >= 0.6 is 0 Å². The fourth-order valence-electron chi connectivity index (χ4n) is 6.03. The van der Waals surface area contributed by atoms with Crippen LogP contribution in [0.3, 0.4) is 0 Å². The summed E-state index contributed by atoms with van der Waals surface area (Å²) in [5.41, 5.74) is 4.57. The lowest BCUT2D eigenvalue weighted by Gasteiger charge is -2.44. The number of carbonyl (C=O) groups is 1. The Morgan fingerprint density at radius 2 is 1.89 bits per heavy atom. The van der Waals surface area contributed by atoms with Crippen molar-refractivity contribution in [3.8, 4) is 0 Å². The summed E-state index contributed by atoms with van der Waals surface area (Å²) in [6, 6.07) is 10.7. The third kappa shape index (κ3) is 2.44. The number of aromatic carboxylic acids is 1. The number of carboxylic acid groups (broad SMARTS) is 1. The third-order valence-corrected chi connectivity index (χ3v) is 7.10. The Morgan fingerprint density at radius 1 is 1.18 bits per heavy atom. The molecule has 2 bridgehead atoms. The first-order valence-electron chi connectivity index (χ1n) is 9.82. The first-order chi connectivity index (χ1) is 13.4. The van der Waals surface area contributed by atoms with Gasteiger partial charge in [-0.15, -0.1) is 0 Å². The molecule has 28 heavy (non-hydrogen) atoms. The molecule has 0 aromatic heterocycles. The van der Waals surface area contributed by atoms with Gasteiger partial charge in [0, 0.05) is 17.8 Å². The van der Waals surface area contributed by atoms with E-state index in [1.807, 2.05) is 19.1 Å². The number of nitro groups is 1. The standard InChI is InChI=1S/C22H22N2O4/c1-11-8-16(24(27)28)10-17-18-14-6-7-15(9-14)19(18)21(23-20(11)17)12-2-4-13(5-3-12)22(25)26/h2-5,8,10,14-15,18-19,21,23H,6-7,9H2,1H3,(H,25,26)/t14-,15-,18+,19-,21+/m0/s1. The summed E-state index contributed by atoms with van der Waals surface area (Å²) in [4.78, 5) is 22.3. The van der Waals surface area contributed by atoms with Crippen LogP contribution in [0.1, 0.15) is 58.3 Å². The highest BCUT2D eigenvalue weighted by Crippen LogP contribution is 2.64. The van der Waals surface area contributed by atoms with Crippen molar-refractivity contribution < 1.29 is 14.8 Å². The van der Waals surface area contributed by atoms with Crippen LogP contribution in [-0.4, -0.2) is 16.0 Å². The molecule has 1 heterocycles. The number of non-ortho nitro benzene ring substituents is 1. The Morgan fingerprint density at radius 3 is 2.57 bits per heavy atom. The predicted octanol–water partition coefficient (Wildman–Crippen LogP) is 4.90. The normalized spacial score (nSPS) is 29.7. The Balaban J connectivity index is 1.62. The maximum absolute atomic E-state index is 11.4. The number of rotatable bonds is 3. The zero-order valence-electron chi connectivity index (χ0n) is 15.6. The summed E-state index contributed by atoms with van der Waals surface area (Å²) in [6.07, 6.45) is 3.58. The van der Waals surface area contributed by atoms with Gasteiger partial charge in [0.2, 0.25) is 0 Å². The molecule has 2 aromatic carbocycles. The smallest absolute Gasteiger partial charge is 0.335 e. The molecule has 0 unspecified atom stereocenters. The Labute approximate surface area is 162 Å². The van der Waals surface area contributed by atoms with Crippen LogP contribution in [0, 0.1) is 34.8 Å².